The molecule has 5 atom stereocenters. The molecule has 1 rings (SSSR count). The van der Waals surface area contributed by atoms with E-state index < -0.39 is 40.5 Å². The number of aliphatic hydroxyl groups excluding tert-OH is 1. The Hall–Kier alpha value is -0.740. The number of hydrogen-bond acceptors (Lipinski definition) is 7. The molecule has 8 heteroatoms. The average molecular weight is 400 g/mol. The number of ketones is 1. The molecule has 1 aliphatic rings. The fraction of sp³-hybridized carbons (Fsp3) is 0.750. The van der Waals surface area contributed by atoms with Crippen molar-refractivity contribution in [3.63, 3.8) is 0 Å². The van der Waals surface area contributed by atoms with Crippen molar-refractivity contribution >= 4 is 40.3 Å². The van der Waals surface area contributed by atoms with E-state index in [1.807, 2.05) is 22.6 Å². The van der Waals surface area contributed by atoms with Crippen LogP contribution in [0.15, 0.2) is 0 Å². The first kappa shape index (κ1) is 17.3. The van der Waals surface area contributed by atoms with Gasteiger partial charge in [0.15, 0.2) is 18.5 Å². The van der Waals surface area contributed by atoms with Crippen LogP contribution in [0.5, 0.6) is 0 Å². The van der Waals surface area contributed by atoms with Gasteiger partial charge in [0, 0.05) is 20.3 Å². The van der Waals surface area contributed by atoms with Crippen molar-refractivity contribution in [2.75, 3.05) is 0 Å². The van der Waals surface area contributed by atoms with Crippen LogP contribution in [0.2, 0.25) is 0 Å². The first-order valence-corrected chi connectivity index (χ1v) is 7.28. The second kappa shape index (κ2) is 7.32. The smallest absolute Gasteiger partial charge is 0.303 e. The Labute approximate surface area is 130 Å². The summed E-state index contributed by atoms with van der Waals surface area (Å²) in [5, 5.41) is 9.82. The van der Waals surface area contributed by atoms with Gasteiger partial charge in [-0.05, 0) is 6.92 Å². The number of rotatable bonds is 4. The first-order valence-electron chi connectivity index (χ1n) is 6.03. The summed E-state index contributed by atoms with van der Waals surface area (Å²) in [4.78, 5) is 33.6. The largest absolute Gasteiger partial charge is 0.457 e. The van der Waals surface area contributed by atoms with E-state index in [1.54, 1.807) is 0 Å². The Morgan fingerprint density at radius 2 is 1.60 bits per heavy atom. The molecule has 20 heavy (non-hydrogen) atoms. The molecule has 0 saturated carbocycles. The van der Waals surface area contributed by atoms with Crippen molar-refractivity contribution in [3.05, 3.63) is 0 Å². The van der Waals surface area contributed by atoms with E-state index in [0.717, 1.165) is 0 Å². The highest BCUT2D eigenvalue weighted by atomic mass is 127. The van der Waals surface area contributed by atoms with Gasteiger partial charge in [-0.15, -0.1) is 0 Å². The van der Waals surface area contributed by atoms with Crippen molar-refractivity contribution in [3.8, 4) is 0 Å². The predicted molar refractivity (Wildman–Crippen MR) is 75.1 cm³/mol. The van der Waals surface area contributed by atoms with Crippen molar-refractivity contribution < 1.29 is 33.7 Å². The summed E-state index contributed by atoms with van der Waals surface area (Å²) in [6, 6.07) is 0. The standard InChI is InChI=1S/C12H17IO7/c1-5(14)4-8-10(18-6(2)15)11(19-7(3)16)9(13)12(17)20-8/h8-12,17H,4H2,1-3H3/t8-,9-,10-,11-,12?/m1/s1. The van der Waals surface area contributed by atoms with Gasteiger partial charge in [0.25, 0.3) is 0 Å². The third-order valence-electron chi connectivity index (χ3n) is 2.68. The van der Waals surface area contributed by atoms with Crippen LogP contribution >= 0.6 is 22.6 Å². The van der Waals surface area contributed by atoms with Gasteiger partial charge < -0.3 is 19.3 Å². The molecule has 1 saturated heterocycles. The molecule has 0 bridgehead atoms. The van der Waals surface area contributed by atoms with Gasteiger partial charge in [-0.1, -0.05) is 22.6 Å². The van der Waals surface area contributed by atoms with Crippen molar-refractivity contribution in [1.82, 2.24) is 0 Å². The Kier molecular flexibility index (Phi) is 6.34. The molecule has 0 aromatic carbocycles. The predicted octanol–water partition coefficient (Wildman–Crippen LogP) is 0.350. The highest BCUT2D eigenvalue weighted by Gasteiger charge is 2.48. The summed E-state index contributed by atoms with van der Waals surface area (Å²) in [6.07, 6.45) is -3.90. The molecule has 0 radical (unpaired) electrons. The molecule has 1 N–H and O–H groups in total. The van der Waals surface area contributed by atoms with Crippen LogP contribution in [-0.2, 0) is 28.6 Å². The minimum Gasteiger partial charge on any atom is -0.457 e. The number of carbonyl (C=O) groups is 3. The van der Waals surface area contributed by atoms with Crippen molar-refractivity contribution in [2.45, 2.75) is 55.7 Å². The lowest BCUT2D eigenvalue weighted by Gasteiger charge is -2.41. The maximum absolute atomic E-state index is 11.2. The molecule has 114 valence electrons. The second-order valence-corrected chi connectivity index (χ2v) is 6.00. The van der Waals surface area contributed by atoms with Crippen molar-refractivity contribution in [1.29, 1.82) is 0 Å². The molecule has 1 fully saturated rings. The zero-order valence-electron chi connectivity index (χ0n) is 11.4. The highest BCUT2D eigenvalue weighted by Crippen LogP contribution is 2.31. The number of halogens is 1. The highest BCUT2D eigenvalue weighted by molar-refractivity contribution is 14.1. The lowest BCUT2D eigenvalue weighted by molar-refractivity contribution is -0.239. The number of esters is 2. The minimum atomic E-state index is -1.21. The zero-order chi connectivity index (χ0) is 15.4. The SMILES string of the molecule is CC(=O)C[C@H]1OC(O)[C@H](I)[C@@H](OC(C)=O)[C@@H]1OC(C)=O. The third-order valence-corrected chi connectivity index (χ3v) is 4.01. The van der Waals surface area contributed by atoms with Gasteiger partial charge >= 0.3 is 11.9 Å². The molecule has 1 unspecified atom stereocenters. The molecular formula is C12H17IO7. The second-order valence-electron chi connectivity index (χ2n) is 4.56. The molecule has 0 spiro atoms. The summed E-state index contributed by atoms with van der Waals surface area (Å²) in [7, 11) is 0. The molecule has 1 aliphatic heterocycles. The topological polar surface area (TPSA) is 99.1 Å². The third kappa shape index (κ3) is 4.67. The normalized spacial score (nSPS) is 33.4. The van der Waals surface area contributed by atoms with Crippen LogP contribution in [0.1, 0.15) is 27.2 Å². The number of ether oxygens (including phenoxy) is 3. The number of carbonyl (C=O) groups excluding carboxylic acids is 3. The van der Waals surface area contributed by atoms with E-state index in [0.29, 0.717) is 0 Å². The van der Waals surface area contributed by atoms with E-state index in [9.17, 15) is 19.5 Å². The summed E-state index contributed by atoms with van der Waals surface area (Å²) in [5.74, 6) is -1.33. The summed E-state index contributed by atoms with van der Waals surface area (Å²) < 4.78 is 14.9. The van der Waals surface area contributed by atoms with E-state index >= 15 is 0 Å². The van der Waals surface area contributed by atoms with Gasteiger partial charge in [-0.2, -0.15) is 0 Å². The minimum absolute atomic E-state index is 0.0455. The van der Waals surface area contributed by atoms with Gasteiger partial charge in [0.2, 0.25) is 0 Å². The van der Waals surface area contributed by atoms with Gasteiger partial charge in [-0.25, -0.2) is 0 Å². The van der Waals surface area contributed by atoms with Crippen LogP contribution in [0.25, 0.3) is 0 Å². The number of hydrogen-bond donors (Lipinski definition) is 1. The lowest BCUT2D eigenvalue weighted by Crippen LogP contribution is -2.58. The Balaban J connectivity index is 3.00. The molecule has 1 heterocycles. The van der Waals surface area contributed by atoms with Crippen molar-refractivity contribution in [2.24, 2.45) is 0 Å². The fourth-order valence-corrected chi connectivity index (χ4v) is 2.72. The van der Waals surface area contributed by atoms with E-state index in [4.69, 9.17) is 14.2 Å². The molecule has 0 aliphatic carbocycles. The van der Waals surface area contributed by atoms with Crippen LogP contribution in [0, 0.1) is 0 Å². The molecule has 7 nitrogen and oxygen atoms in total. The fourth-order valence-electron chi connectivity index (χ4n) is 1.99. The monoisotopic (exact) mass is 400 g/mol. The lowest BCUT2D eigenvalue weighted by atomic mass is 9.97. The quantitative estimate of drug-likeness (QED) is 0.413. The first-order chi connectivity index (χ1) is 9.22. The van der Waals surface area contributed by atoms with Crippen LogP contribution in [0.3, 0.4) is 0 Å². The Morgan fingerprint density at radius 1 is 1.10 bits per heavy atom. The number of alkyl halides is 1. The summed E-state index contributed by atoms with van der Waals surface area (Å²) in [5.41, 5.74) is 0. The zero-order valence-corrected chi connectivity index (χ0v) is 13.5. The molecular weight excluding hydrogens is 383 g/mol. The molecule has 0 amide bonds. The number of aliphatic hydroxyl groups is 1. The van der Waals surface area contributed by atoms with Gasteiger partial charge in [0.1, 0.15) is 15.8 Å². The summed E-state index contributed by atoms with van der Waals surface area (Å²) in [6.45, 7) is 3.79. The molecule has 0 aromatic heterocycles. The van der Waals surface area contributed by atoms with Crippen LogP contribution in [0.4, 0.5) is 0 Å². The van der Waals surface area contributed by atoms with E-state index in [-0.39, 0.29) is 12.2 Å². The van der Waals surface area contributed by atoms with Crippen LogP contribution in [-0.4, -0.2) is 51.4 Å². The van der Waals surface area contributed by atoms with Gasteiger partial charge in [0.05, 0.1) is 0 Å². The Bertz CT molecular complexity index is 397. The Morgan fingerprint density at radius 3 is 2.05 bits per heavy atom. The molecule has 0 aromatic rings. The van der Waals surface area contributed by atoms with E-state index in [1.165, 1.54) is 20.8 Å². The van der Waals surface area contributed by atoms with Gasteiger partial charge in [-0.3, -0.25) is 14.4 Å². The number of Topliss-reactive ketones (excluding diaryl/α,β-unsaturated/α-hetero) is 1. The maximum atomic E-state index is 11.2. The summed E-state index contributed by atoms with van der Waals surface area (Å²) >= 11 is 1.86. The van der Waals surface area contributed by atoms with Crippen LogP contribution < -0.4 is 0 Å². The van der Waals surface area contributed by atoms with E-state index in [2.05, 4.69) is 0 Å². The maximum Gasteiger partial charge on any atom is 0.303 e. The average Bonchev–Trinajstić information content (AvgIpc) is 2.28.